The highest BCUT2D eigenvalue weighted by Crippen LogP contribution is 2.25. The van der Waals surface area contributed by atoms with Gasteiger partial charge in [0.05, 0.1) is 4.88 Å². The van der Waals surface area contributed by atoms with Gasteiger partial charge in [-0.3, -0.25) is 14.5 Å². The molecular formula is C18H19FN4OS3. The smallest absolute Gasteiger partial charge is 0.242 e. The Labute approximate surface area is 170 Å². The lowest BCUT2D eigenvalue weighted by atomic mass is 10.3. The molecule has 1 atom stereocenters. The maximum absolute atomic E-state index is 12.9. The zero-order valence-corrected chi connectivity index (χ0v) is 17.1. The van der Waals surface area contributed by atoms with Crippen molar-refractivity contribution in [1.82, 2.24) is 20.1 Å². The van der Waals surface area contributed by atoms with Gasteiger partial charge >= 0.3 is 0 Å². The van der Waals surface area contributed by atoms with Crippen LogP contribution < -0.4 is 5.32 Å². The van der Waals surface area contributed by atoms with E-state index in [2.05, 4.69) is 15.5 Å². The zero-order valence-electron chi connectivity index (χ0n) is 14.6. The number of hydrogen-bond acceptors (Lipinski definition) is 5. The van der Waals surface area contributed by atoms with Gasteiger partial charge in [0.25, 0.3) is 0 Å². The van der Waals surface area contributed by atoms with E-state index in [0.717, 1.165) is 21.9 Å². The van der Waals surface area contributed by atoms with Crippen LogP contribution in [0.2, 0.25) is 0 Å². The van der Waals surface area contributed by atoms with Gasteiger partial charge in [-0.15, -0.1) is 23.1 Å². The van der Waals surface area contributed by atoms with Crippen LogP contribution in [0, 0.1) is 10.6 Å². The molecule has 9 heteroatoms. The summed E-state index contributed by atoms with van der Waals surface area (Å²) in [5, 5.41) is 11.9. The highest BCUT2D eigenvalue weighted by atomic mass is 32.2. The minimum absolute atomic E-state index is 0.0999. The van der Waals surface area contributed by atoms with E-state index in [1.807, 2.05) is 24.4 Å². The summed E-state index contributed by atoms with van der Waals surface area (Å²) < 4.78 is 15.0. The Kier molecular flexibility index (Phi) is 6.81. The van der Waals surface area contributed by atoms with Gasteiger partial charge < -0.3 is 5.32 Å². The van der Waals surface area contributed by atoms with Crippen LogP contribution in [-0.4, -0.2) is 33.0 Å². The number of hydrogen-bond donors (Lipinski definition) is 2. The highest BCUT2D eigenvalue weighted by molar-refractivity contribution is 7.99. The number of amides is 1. The maximum atomic E-state index is 12.9. The van der Waals surface area contributed by atoms with Crippen molar-refractivity contribution in [3.05, 3.63) is 52.4 Å². The topological polar surface area (TPSA) is 62.7 Å². The van der Waals surface area contributed by atoms with Crippen LogP contribution in [0.4, 0.5) is 4.39 Å². The number of halogens is 1. The van der Waals surface area contributed by atoms with Crippen LogP contribution in [0.3, 0.4) is 0 Å². The van der Waals surface area contributed by atoms with E-state index in [1.54, 1.807) is 39.8 Å². The zero-order chi connectivity index (χ0) is 19.2. The first-order chi connectivity index (χ1) is 13.1. The number of carbonyl (C=O) groups is 1. The Bertz CT molecular complexity index is 934. The molecule has 0 radical (unpaired) electrons. The van der Waals surface area contributed by atoms with Crippen molar-refractivity contribution in [3.8, 4) is 10.7 Å². The molecule has 0 aliphatic carbocycles. The third-order valence-electron chi connectivity index (χ3n) is 3.92. The Balaban J connectivity index is 1.51. The normalized spacial score (nSPS) is 12.1. The predicted octanol–water partition coefficient (Wildman–Crippen LogP) is 4.67. The summed E-state index contributed by atoms with van der Waals surface area (Å²) in [4.78, 5) is 14.5. The molecule has 0 saturated heterocycles. The first-order valence-corrected chi connectivity index (χ1v) is 10.7. The number of nitrogens with one attached hydrogen (secondary N) is 2. The molecule has 2 aromatic heterocycles. The van der Waals surface area contributed by atoms with Crippen molar-refractivity contribution < 1.29 is 9.18 Å². The van der Waals surface area contributed by atoms with Gasteiger partial charge in [0.1, 0.15) is 11.9 Å². The average molecular weight is 423 g/mol. The first-order valence-electron chi connectivity index (χ1n) is 8.43. The third-order valence-corrected chi connectivity index (χ3v) is 6.17. The summed E-state index contributed by atoms with van der Waals surface area (Å²) in [7, 11) is 0. The second kappa shape index (κ2) is 9.29. The predicted molar refractivity (Wildman–Crippen MR) is 110 cm³/mol. The number of aromatic amines is 1. The second-order valence-corrected chi connectivity index (χ2v) is 8.33. The van der Waals surface area contributed by atoms with Gasteiger partial charge in [0.15, 0.2) is 10.6 Å². The molecule has 2 N–H and O–H groups in total. The molecule has 1 aromatic carbocycles. The number of nitrogens with zero attached hydrogens (tertiary/aromatic N) is 2. The molecule has 1 amide bonds. The van der Waals surface area contributed by atoms with Crippen molar-refractivity contribution in [2.75, 3.05) is 12.3 Å². The van der Waals surface area contributed by atoms with Gasteiger partial charge in [-0.25, -0.2) is 4.39 Å². The van der Waals surface area contributed by atoms with E-state index in [4.69, 9.17) is 12.2 Å². The summed E-state index contributed by atoms with van der Waals surface area (Å²) in [6.07, 6.45) is 0.815. The summed E-state index contributed by atoms with van der Waals surface area (Å²) in [5.74, 6) is 1.17. The fraction of sp³-hybridized carbons (Fsp3) is 0.278. The van der Waals surface area contributed by atoms with E-state index in [-0.39, 0.29) is 11.7 Å². The fourth-order valence-electron chi connectivity index (χ4n) is 2.51. The van der Waals surface area contributed by atoms with Crippen LogP contribution >= 0.6 is 35.3 Å². The van der Waals surface area contributed by atoms with Gasteiger partial charge in [-0.05, 0) is 67.0 Å². The molecule has 1 unspecified atom stereocenters. The molecule has 3 rings (SSSR count). The van der Waals surface area contributed by atoms with Gasteiger partial charge in [-0.2, -0.15) is 5.10 Å². The van der Waals surface area contributed by atoms with Crippen molar-refractivity contribution in [2.24, 2.45) is 0 Å². The highest BCUT2D eigenvalue weighted by Gasteiger charge is 2.20. The second-order valence-electron chi connectivity index (χ2n) is 5.82. The van der Waals surface area contributed by atoms with Crippen LogP contribution in [0.1, 0.15) is 19.4 Å². The molecule has 142 valence electrons. The Morgan fingerprint density at radius 2 is 2.19 bits per heavy atom. The first kappa shape index (κ1) is 19.8. The van der Waals surface area contributed by atoms with Crippen LogP contribution in [0.15, 0.2) is 46.7 Å². The molecule has 0 spiro atoms. The van der Waals surface area contributed by atoms with E-state index in [0.29, 0.717) is 17.1 Å². The number of aromatic nitrogens is 3. The van der Waals surface area contributed by atoms with Crippen LogP contribution in [0.25, 0.3) is 10.7 Å². The van der Waals surface area contributed by atoms with E-state index in [1.165, 1.54) is 12.1 Å². The summed E-state index contributed by atoms with van der Waals surface area (Å²) in [6.45, 7) is 2.38. The number of thioether (sulfide) groups is 1. The van der Waals surface area contributed by atoms with Crippen molar-refractivity contribution in [2.45, 2.75) is 24.3 Å². The quantitative estimate of drug-likeness (QED) is 0.315. The average Bonchev–Trinajstić information content (AvgIpc) is 3.31. The summed E-state index contributed by atoms with van der Waals surface area (Å²) >= 11 is 8.48. The summed E-state index contributed by atoms with van der Waals surface area (Å²) in [6, 6.07) is 9.84. The molecule has 27 heavy (non-hydrogen) atoms. The Morgan fingerprint density at radius 3 is 2.89 bits per heavy atom. The molecule has 0 aliphatic heterocycles. The fourth-order valence-corrected chi connectivity index (χ4v) is 4.37. The molecule has 0 aliphatic rings. The number of carbonyl (C=O) groups excluding carboxylic acids is 1. The van der Waals surface area contributed by atoms with Gasteiger partial charge in [0, 0.05) is 11.4 Å². The molecular weight excluding hydrogens is 403 g/mol. The molecule has 0 fully saturated rings. The SMILES string of the molecule is CC(C(=O)NCCCSc1ccc(F)cc1)n1c(-c2cccs2)n[nH]c1=S. The van der Waals surface area contributed by atoms with Gasteiger partial charge in [-0.1, -0.05) is 6.07 Å². The standard InChI is InChI=1S/C18H19FN4OS3/c1-12(23-16(21-22-18(23)25)15-4-2-10-27-15)17(24)20-9-3-11-26-14-7-5-13(19)6-8-14/h2,4-8,10,12H,3,9,11H2,1H3,(H,20,24)(H,22,25). The largest absolute Gasteiger partial charge is 0.354 e. The lowest BCUT2D eigenvalue weighted by Gasteiger charge is -2.15. The van der Waals surface area contributed by atoms with Crippen LogP contribution in [0.5, 0.6) is 0 Å². The third kappa shape index (κ3) is 5.06. The lowest BCUT2D eigenvalue weighted by molar-refractivity contribution is -0.123. The lowest BCUT2D eigenvalue weighted by Crippen LogP contribution is -2.32. The van der Waals surface area contributed by atoms with Crippen molar-refractivity contribution in [1.29, 1.82) is 0 Å². The molecule has 2 heterocycles. The maximum Gasteiger partial charge on any atom is 0.242 e. The van der Waals surface area contributed by atoms with E-state index < -0.39 is 6.04 Å². The number of thiophene rings is 1. The number of rotatable bonds is 8. The Morgan fingerprint density at radius 1 is 1.41 bits per heavy atom. The molecule has 0 bridgehead atoms. The van der Waals surface area contributed by atoms with E-state index >= 15 is 0 Å². The van der Waals surface area contributed by atoms with E-state index in [9.17, 15) is 9.18 Å². The van der Waals surface area contributed by atoms with Crippen molar-refractivity contribution in [3.63, 3.8) is 0 Å². The van der Waals surface area contributed by atoms with Crippen LogP contribution in [-0.2, 0) is 4.79 Å². The van der Waals surface area contributed by atoms with Crippen molar-refractivity contribution >= 4 is 41.2 Å². The number of benzene rings is 1. The van der Waals surface area contributed by atoms with Gasteiger partial charge in [0.2, 0.25) is 5.91 Å². The minimum atomic E-state index is -0.460. The molecule has 0 saturated carbocycles. The monoisotopic (exact) mass is 422 g/mol. The summed E-state index contributed by atoms with van der Waals surface area (Å²) in [5.41, 5.74) is 0. The molecule has 5 nitrogen and oxygen atoms in total. The Hall–Kier alpha value is -1.97. The molecule has 3 aromatic rings. The minimum Gasteiger partial charge on any atom is -0.354 e. The number of H-pyrrole nitrogens is 1.